The molecular weight excluding hydrogens is 420 g/mol. The van der Waals surface area contributed by atoms with Gasteiger partial charge < -0.3 is 4.74 Å². The Labute approximate surface area is 181 Å². The zero-order chi connectivity index (χ0) is 21.9. The fourth-order valence-corrected chi connectivity index (χ4v) is 5.39. The second kappa shape index (κ2) is 8.97. The molecule has 0 amide bonds. The molecule has 0 unspecified atom stereocenters. The van der Waals surface area contributed by atoms with Crippen LogP contribution in [0.1, 0.15) is 34.8 Å². The van der Waals surface area contributed by atoms with Crippen molar-refractivity contribution in [3.8, 4) is 10.6 Å². The summed E-state index contributed by atoms with van der Waals surface area (Å²) >= 11 is 1.40. The molecular formula is C22H24N2O4S2. The van der Waals surface area contributed by atoms with E-state index in [1.165, 1.54) is 34.9 Å². The van der Waals surface area contributed by atoms with E-state index in [4.69, 9.17) is 4.74 Å². The monoisotopic (exact) mass is 444 g/mol. The average Bonchev–Trinajstić information content (AvgIpc) is 3.21. The van der Waals surface area contributed by atoms with Crippen LogP contribution in [0.2, 0.25) is 0 Å². The van der Waals surface area contributed by atoms with Crippen molar-refractivity contribution in [1.29, 1.82) is 0 Å². The summed E-state index contributed by atoms with van der Waals surface area (Å²) in [5, 5.41) is 2.50. The van der Waals surface area contributed by atoms with Gasteiger partial charge in [-0.05, 0) is 38.0 Å². The molecule has 0 aliphatic carbocycles. The number of methoxy groups -OCH3 is 1. The molecule has 0 bridgehead atoms. The summed E-state index contributed by atoms with van der Waals surface area (Å²) in [4.78, 5) is 16.6. The van der Waals surface area contributed by atoms with Gasteiger partial charge in [-0.25, -0.2) is 22.5 Å². The van der Waals surface area contributed by atoms with E-state index in [1.54, 1.807) is 18.4 Å². The van der Waals surface area contributed by atoms with E-state index < -0.39 is 16.0 Å². The van der Waals surface area contributed by atoms with Crippen LogP contribution in [0.25, 0.3) is 10.6 Å². The number of aromatic nitrogens is 1. The zero-order valence-electron chi connectivity index (χ0n) is 17.4. The van der Waals surface area contributed by atoms with Crippen molar-refractivity contribution in [2.75, 3.05) is 18.0 Å². The minimum absolute atomic E-state index is 0.0341. The van der Waals surface area contributed by atoms with Crippen molar-refractivity contribution in [2.45, 2.75) is 32.1 Å². The highest BCUT2D eigenvalue weighted by Crippen LogP contribution is 2.31. The van der Waals surface area contributed by atoms with Crippen LogP contribution in [0.4, 0.5) is 5.82 Å². The van der Waals surface area contributed by atoms with Gasteiger partial charge in [0.2, 0.25) is 0 Å². The number of esters is 1. The van der Waals surface area contributed by atoms with Crippen molar-refractivity contribution in [3.63, 3.8) is 0 Å². The molecule has 158 valence electrons. The molecule has 30 heavy (non-hydrogen) atoms. The van der Waals surface area contributed by atoms with Gasteiger partial charge in [-0.2, -0.15) is 0 Å². The highest BCUT2D eigenvalue weighted by molar-refractivity contribution is 7.92. The number of anilines is 1. The number of aryl methyl sites for hydroxylation is 2. The van der Waals surface area contributed by atoms with E-state index in [1.807, 2.05) is 38.1 Å². The summed E-state index contributed by atoms with van der Waals surface area (Å²) in [5.41, 5.74) is 2.97. The number of carbonyl (C=O) groups excluding carboxylic acids is 1. The molecule has 0 fully saturated rings. The molecule has 1 heterocycles. The van der Waals surface area contributed by atoms with Crippen LogP contribution in [-0.4, -0.2) is 33.0 Å². The fourth-order valence-electron chi connectivity index (χ4n) is 2.99. The minimum atomic E-state index is -3.90. The largest absolute Gasteiger partial charge is 0.465 e. The topological polar surface area (TPSA) is 76.6 Å². The van der Waals surface area contributed by atoms with Gasteiger partial charge in [0.25, 0.3) is 10.0 Å². The number of ether oxygens (including phenoxy) is 1. The first-order valence-corrected chi connectivity index (χ1v) is 11.8. The van der Waals surface area contributed by atoms with Crippen LogP contribution >= 0.6 is 11.3 Å². The summed E-state index contributed by atoms with van der Waals surface area (Å²) in [7, 11) is -2.63. The predicted molar refractivity (Wildman–Crippen MR) is 120 cm³/mol. The molecule has 0 radical (unpaired) electrons. The van der Waals surface area contributed by atoms with Crippen LogP contribution < -0.4 is 4.31 Å². The molecule has 8 heteroatoms. The number of carbonyl (C=O) groups is 1. The molecule has 0 aliphatic heterocycles. The standard InChI is InChI=1S/C22H24N2O4S2/c1-5-12-24(20-14-29-21(23-20)17-9-6-15(2)7-10-17)30(26,27)18-11-8-16(3)19(13-18)22(25)28-4/h6-11,13-14H,5,12H2,1-4H3. The van der Waals surface area contributed by atoms with E-state index >= 15 is 0 Å². The second-order valence-electron chi connectivity index (χ2n) is 6.92. The molecule has 0 atom stereocenters. The summed E-state index contributed by atoms with van der Waals surface area (Å²) < 4.78 is 32.9. The second-order valence-corrected chi connectivity index (χ2v) is 9.64. The van der Waals surface area contributed by atoms with Crippen LogP contribution in [0.3, 0.4) is 0 Å². The molecule has 1 aromatic heterocycles. The van der Waals surface area contributed by atoms with Gasteiger partial charge in [0, 0.05) is 17.5 Å². The van der Waals surface area contributed by atoms with E-state index in [2.05, 4.69) is 4.98 Å². The van der Waals surface area contributed by atoms with Gasteiger partial charge in [0.1, 0.15) is 5.01 Å². The number of thiazole rings is 1. The Morgan fingerprint density at radius 2 is 1.83 bits per heavy atom. The Hall–Kier alpha value is -2.71. The highest BCUT2D eigenvalue weighted by atomic mass is 32.2. The van der Waals surface area contributed by atoms with Crippen molar-refractivity contribution < 1.29 is 17.9 Å². The van der Waals surface area contributed by atoms with E-state index in [0.29, 0.717) is 17.8 Å². The lowest BCUT2D eigenvalue weighted by Gasteiger charge is -2.22. The van der Waals surface area contributed by atoms with Gasteiger partial charge in [0.15, 0.2) is 5.82 Å². The number of benzene rings is 2. The zero-order valence-corrected chi connectivity index (χ0v) is 19.0. The maximum Gasteiger partial charge on any atom is 0.338 e. The highest BCUT2D eigenvalue weighted by Gasteiger charge is 2.28. The third-order valence-electron chi connectivity index (χ3n) is 4.68. The number of hydrogen-bond acceptors (Lipinski definition) is 6. The lowest BCUT2D eigenvalue weighted by atomic mass is 10.1. The molecule has 6 nitrogen and oxygen atoms in total. The molecule has 0 N–H and O–H groups in total. The first-order chi connectivity index (χ1) is 14.3. The van der Waals surface area contributed by atoms with Gasteiger partial charge in [-0.1, -0.05) is 42.8 Å². The third-order valence-corrected chi connectivity index (χ3v) is 7.35. The van der Waals surface area contributed by atoms with Crippen molar-refractivity contribution >= 4 is 33.1 Å². The Kier molecular flexibility index (Phi) is 6.58. The maximum atomic E-state index is 13.4. The van der Waals surface area contributed by atoms with Crippen LogP contribution in [0.5, 0.6) is 0 Å². The quantitative estimate of drug-likeness (QED) is 0.488. The SMILES string of the molecule is CCCN(c1csc(-c2ccc(C)cc2)n1)S(=O)(=O)c1ccc(C)c(C(=O)OC)c1. The smallest absolute Gasteiger partial charge is 0.338 e. The molecule has 0 spiro atoms. The fraction of sp³-hybridized carbons (Fsp3) is 0.273. The number of rotatable bonds is 7. The third kappa shape index (κ3) is 4.39. The lowest BCUT2D eigenvalue weighted by Crippen LogP contribution is -2.32. The maximum absolute atomic E-state index is 13.4. The summed E-state index contributed by atoms with van der Waals surface area (Å²) in [5.74, 6) is -0.195. The van der Waals surface area contributed by atoms with Crippen LogP contribution in [-0.2, 0) is 14.8 Å². The molecule has 0 saturated carbocycles. The van der Waals surface area contributed by atoms with Crippen LogP contribution in [0.15, 0.2) is 52.7 Å². The van der Waals surface area contributed by atoms with E-state index in [-0.39, 0.29) is 17.0 Å². The van der Waals surface area contributed by atoms with Gasteiger partial charge in [0.05, 0.1) is 17.6 Å². The Bertz CT molecular complexity index is 1150. The summed E-state index contributed by atoms with van der Waals surface area (Å²) in [6.45, 7) is 5.93. The van der Waals surface area contributed by atoms with Crippen molar-refractivity contribution in [3.05, 3.63) is 64.5 Å². The van der Waals surface area contributed by atoms with Crippen molar-refractivity contribution in [1.82, 2.24) is 4.98 Å². The summed E-state index contributed by atoms with van der Waals surface area (Å²) in [6.07, 6.45) is 0.617. The number of hydrogen-bond donors (Lipinski definition) is 0. The molecule has 0 aliphatic rings. The number of nitrogens with zero attached hydrogens (tertiary/aromatic N) is 2. The molecule has 2 aromatic carbocycles. The van der Waals surface area contributed by atoms with E-state index in [9.17, 15) is 13.2 Å². The molecule has 3 rings (SSSR count). The summed E-state index contributed by atoms with van der Waals surface area (Å²) in [6, 6.07) is 12.4. The Morgan fingerprint density at radius 3 is 2.47 bits per heavy atom. The lowest BCUT2D eigenvalue weighted by molar-refractivity contribution is 0.0599. The first-order valence-electron chi connectivity index (χ1n) is 9.52. The van der Waals surface area contributed by atoms with Gasteiger partial charge in [-0.3, -0.25) is 0 Å². The molecule has 0 saturated heterocycles. The Balaban J connectivity index is 2.02. The molecule has 3 aromatic rings. The first kappa shape index (κ1) is 22.0. The average molecular weight is 445 g/mol. The van der Waals surface area contributed by atoms with E-state index in [0.717, 1.165) is 16.1 Å². The minimum Gasteiger partial charge on any atom is -0.465 e. The van der Waals surface area contributed by atoms with Gasteiger partial charge in [-0.15, -0.1) is 11.3 Å². The Morgan fingerprint density at radius 1 is 1.13 bits per heavy atom. The predicted octanol–water partition coefficient (Wildman–Crippen LogP) is 4.82. The van der Waals surface area contributed by atoms with Crippen molar-refractivity contribution in [2.24, 2.45) is 0 Å². The van der Waals surface area contributed by atoms with Crippen LogP contribution in [0, 0.1) is 13.8 Å². The number of sulfonamides is 1. The normalized spacial score (nSPS) is 11.3. The van der Waals surface area contributed by atoms with Gasteiger partial charge >= 0.3 is 5.97 Å².